The smallest absolute Gasteiger partial charge is 0.130 e. The second kappa shape index (κ2) is 12.8. The summed E-state index contributed by atoms with van der Waals surface area (Å²) in [5, 5.41) is 3.16. The van der Waals surface area contributed by atoms with Gasteiger partial charge in [-0.15, -0.1) is 17.0 Å². The first kappa shape index (κ1) is 28.1. The molecule has 206 valence electrons. The molecule has 2 aromatic heterocycles. The number of hydrogen-bond acceptors (Lipinski definition) is 4. The van der Waals surface area contributed by atoms with Crippen LogP contribution in [-0.2, 0) is 32.6 Å². The number of aryl methyl sites for hydroxylation is 1. The maximum Gasteiger partial charge on any atom is 0.130 e. The maximum absolute atomic E-state index is 13.9. The summed E-state index contributed by atoms with van der Waals surface area (Å²) in [5.41, 5.74) is 6.83. The van der Waals surface area contributed by atoms with Crippen molar-refractivity contribution in [3.8, 4) is 0 Å². The van der Waals surface area contributed by atoms with E-state index in [1.165, 1.54) is 35.0 Å². The molecule has 5 aromatic rings. The maximum atomic E-state index is 13.9. The molecule has 1 atom stereocenters. The van der Waals surface area contributed by atoms with Gasteiger partial charge in [0, 0.05) is 31.4 Å². The van der Waals surface area contributed by atoms with E-state index in [1.807, 2.05) is 30.5 Å². The predicted molar refractivity (Wildman–Crippen MR) is 159 cm³/mol. The molecule has 2 heterocycles. The number of rotatable bonds is 9. The summed E-state index contributed by atoms with van der Waals surface area (Å²) in [6.07, 6.45) is 5.15. The lowest BCUT2D eigenvalue weighted by atomic mass is 9.90. The van der Waals surface area contributed by atoms with Crippen LogP contribution < -0.4 is 5.32 Å². The monoisotopic (exact) mass is 603 g/mol. The van der Waals surface area contributed by atoms with Gasteiger partial charge in [0.15, 0.2) is 0 Å². The minimum Gasteiger partial charge on any atom is -0.341 e. The van der Waals surface area contributed by atoms with Crippen LogP contribution in [0.1, 0.15) is 52.7 Å². The summed E-state index contributed by atoms with van der Waals surface area (Å²) in [6, 6.07) is 24.9. The molecule has 1 aliphatic rings. The number of aromatic amines is 1. The largest absolute Gasteiger partial charge is 0.341 e. The van der Waals surface area contributed by atoms with Crippen LogP contribution in [0.15, 0.2) is 85.1 Å². The van der Waals surface area contributed by atoms with Crippen molar-refractivity contribution in [2.45, 2.75) is 51.5 Å². The predicted octanol–water partition coefficient (Wildman–Crippen LogP) is 7.18. The molecular formula is C32H32BrF2N5. The number of H-pyrrole nitrogens is 1. The SMILES string of the molecule is Br.Fc1cccc(F)c1CNCc1ccc(CN(Cc2nc3ccccc3[nH]2)C2CCCc3cccnc32)cc1. The molecule has 0 aliphatic heterocycles. The van der Waals surface area contributed by atoms with Gasteiger partial charge < -0.3 is 10.3 Å². The van der Waals surface area contributed by atoms with Crippen LogP contribution >= 0.6 is 17.0 Å². The van der Waals surface area contributed by atoms with Crippen molar-refractivity contribution < 1.29 is 8.78 Å². The minimum atomic E-state index is -0.527. The highest BCUT2D eigenvalue weighted by molar-refractivity contribution is 8.93. The lowest BCUT2D eigenvalue weighted by Crippen LogP contribution is -2.31. The number of nitrogens with one attached hydrogen (secondary N) is 2. The Morgan fingerprint density at radius 1 is 0.850 bits per heavy atom. The minimum absolute atomic E-state index is 0. The normalized spacial score (nSPS) is 14.7. The Hall–Kier alpha value is -3.46. The van der Waals surface area contributed by atoms with Crippen molar-refractivity contribution in [2.75, 3.05) is 0 Å². The third-order valence-electron chi connectivity index (χ3n) is 7.50. The average molecular weight is 605 g/mol. The molecule has 0 bridgehead atoms. The van der Waals surface area contributed by atoms with Gasteiger partial charge in [-0.1, -0.05) is 48.5 Å². The Morgan fingerprint density at radius 3 is 2.42 bits per heavy atom. The van der Waals surface area contributed by atoms with Crippen LogP contribution in [0.2, 0.25) is 0 Å². The highest BCUT2D eigenvalue weighted by atomic mass is 79.9. The molecule has 0 radical (unpaired) electrons. The number of imidazole rings is 1. The molecule has 0 amide bonds. The number of fused-ring (bicyclic) bond motifs is 2. The number of aromatic nitrogens is 3. The van der Waals surface area contributed by atoms with E-state index in [0.717, 1.165) is 48.2 Å². The Balaban J connectivity index is 0.00000323. The Kier molecular flexibility index (Phi) is 8.99. The van der Waals surface area contributed by atoms with Crippen LogP contribution in [-0.4, -0.2) is 19.9 Å². The zero-order valence-corrected chi connectivity index (χ0v) is 23.8. The zero-order chi connectivity index (χ0) is 26.6. The third-order valence-corrected chi connectivity index (χ3v) is 7.50. The molecular weight excluding hydrogens is 572 g/mol. The van der Waals surface area contributed by atoms with Gasteiger partial charge in [-0.2, -0.15) is 0 Å². The van der Waals surface area contributed by atoms with Crippen molar-refractivity contribution in [1.29, 1.82) is 0 Å². The van der Waals surface area contributed by atoms with Crippen LogP contribution in [0, 0.1) is 11.6 Å². The second-order valence-electron chi connectivity index (χ2n) is 10.2. The first-order chi connectivity index (χ1) is 19.1. The van der Waals surface area contributed by atoms with E-state index in [-0.39, 0.29) is 35.1 Å². The fourth-order valence-corrected chi connectivity index (χ4v) is 5.52. The number of halogens is 3. The van der Waals surface area contributed by atoms with E-state index in [4.69, 9.17) is 9.97 Å². The molecule has 0 fully saturated rings. The highest BCUT2D eigenvalue weighted by Gasteiger charge is 2.28. The fraction of sp³-hybridized carbons (Fsp3) is 0.250. The molecule has 0 saturated heterocycles. The Morgan fingerprint density at radius 2 is 1.62 bits per heavy atom. The van der Waals surface area contributed by atoms with E-state index >= 15 is 0 Å². The average Bonchev–Trinajstić information content (AvgIpc) is 3.37. The van der Waals surface area contributed by atoms with Gasteiger partial charge in [-0.25, -0.2) is 13.8 Å². The number of para-hydroxylation sites is 2. The van der Waals surface area contributed by atoms with Gasteiger partial charge in [-0.05, 0) is 66.3 Å². The molecule has 2 N–H and O–H groups in total. The van der Waals surface area contributed by atoms with Crippen molar-refractivity contribution >= 4 is 28.0 Å². The van der Waals surface area contributed by atoms with E-state index in [2.05, 4.69) is 51.6 Å². The number of nitrogens with zero attached hydrogens (tertiary/aromatic N) is 3. The van der Waals surface area contributed by atoms with E-state index < -0.39 is 11.6 Å². The van der Waals surface area contributed by atoms with E-state index in [0.29, 0.717) is 13.1 Å². The summed E-state index contributed by atoms with van der Waals surface area (Å²) >= 11 is 0. The summed E-state index contributed by atoms with van der Waals surface area (Å²) < 4.78 is 27.8. The Bertz CT molecular complexity index is 1520. The van der Waals surface area contributed by atoms with E-state index in [9.17, 15) is 8.78 Å². The van der Waals surface area contributed by atoms with Crippen LogP contribution in [0.5, 0.6) is 0 Å². The zero-order valence-electron chi connectivity index (χ0n) is 22.1. The molecule has 1 unspecified atom stereocenters. The lowest BCUT2D eigenvalue weighted by Gasteiger charge is -2.34. The molecule has 6 rings (SSSR count). The van der Waals surface area contributed by atoms with Crippen molar-refractivity contribution in [2.24, 2.45) is 0 Å². The standard InChI is InChI=1S/C32H31F2N5.BrH/c33-26-8-4-9-27(34)25(26)19-35-18-22-13-15-23(16-14-22)20-39(21-31-37-28-10-1-2-11-29(28)38-31)30-12-3-6-24-7-5-17-36-32(24)30;/h1-2,4-5,7-11,13-17,30,35H,3,6,12,18-21H2,(H,37,38);1H. The lowest BCUT2D eigenvalue weighted by molar-refractivity contribution is 0.153. The second-order valence-corrected chi connectivity index (χ2v) is 10.2. The summed E-state index contributed by atoms with van der Waals surface area (Å²) in [5.74, 6) is -0.109. The summed E-state index contributed by atoms with van der Waals surface area (Å²) in [4.78, 5) is 15.6. The van der Waals surface area contributed by atoms with Gasteiger partial charge in [0.05, 0.1) is 29.3 Å². The first-order valence-corrected chi connectivity index (χ1v) is 13.5. The highest BCUT2D eigenvalue weighted by Crippen LogP contribution is 2.34. The molecule has 5 nitrogen and oxygen atoms in total. The fourth-order valence-electron chi connectivity index (χ4n) is 5.52. The molecule has 0 saturated carbocycles. The number of pyridine rings is 1. The quantitative estimate of drug-likeness (QED) is 0.187. The Labute approximate surface area is 243 Å². The van der Waals surface area contributed by atoms with Crippen LogP contribution in [0.4, 0.5) is 8.78 Å². The van der Waals surface area contributed by atoms with Gasteiger partial charge in [0.2, 0.25) is 0 Å². The van der Waals surface area contributed by atoms with Gasteiger partial charge in [0.1, 0.15) is 17.5 Å². The molecule has 3 aromatic carbocycles. The van der Waals surface area contributed by atoms with E-state index in [1.54, 1.807) is 0 Å². The van der Waals surface area contributed by atoms with Crippen molar-refractivity contribution in [3.05, 3.63) is 130 Å². The third kappa shape index (κ3) is 6.30. The van der Waals surface area contributed by atoms with Crippen molar-refractivity contribution in [3.63, 3.8) is 0 Å². The molecule has 1 aliphatic carbocycles. The van der Waals surface area contributed by atoms with Crippen LogP contribution in [0.25, 0.3) is 11.0 Å². The van der Waals surface area contributed by atoms with Crippen LogP contribution in [0.3, 0.4) is 0 Å². The number of hydrogen-bond donors (Lipinski definition) is 2. The molecule has 8 heteroatoms. The molecule has 0 spiro atoms. The number of benzene rings is 3. The topological polar surface area (TPSA) is 56.8 Å². The summed E-state index contributed by atoms with van der Waals surface area (Å²) in [6.45, 7) is 2.11. The first-order valence-electron chi connectivity index (χ1n) is 13.5. The van der Waals surface area contributed by atoms with Gasteiger partial charge in [-0.3, -0.25) is 9.88 Å². The molecule has 40 heavy (non-hydrogen) atoms. The van der Waals surface area contributed by atoms with Crippen molar-refractivity contribution in [1.82, 2.24) is 25.2 Å². The summed E-state index contributed by atoms with van der Waals surface area (Å²) in [7, 11) is 0. The van der Waals surface area contributed by atoms with Gasteiger partial charge >= 0.3 is 0 Å². The van der Waals surface area contributed by atoms with Gasteiger partial charge in [0.25, 0.3) is 0 Å².